The number of rotatable bonds is 5. The van der Waals surface area contributed by atoms with E-state index in [-0.39, 0.29) is 5.82 Å². The first-order valence-corrected chi connectivity index (χ1v) is 7.33. The van der Waals surface area contributed by atoms with Gasteiger partial charge in [-0.05, 0) is 42.3 Å². The molecular weight excluding hydrogens is 291 g/mol. The minimum Gasteiger partial charge on any atom is -0.366 e. The van der Waals surface area contributed by atoms with Gasteiger partial charge in [0.25, 0.3) is 0 Å². The van der Waals surface area contributed by atoms with E-state index in [1.54, 1.807) is 12.1 Å². The van der Waals surface area contributed by atoms with Crippen LogP contribution in [-0.2, 0) is 6.54 Å². The normalized spacial score (nSPS) is 10.3. The Morgan fingerprint density at radius 2 is 1.74 bits per heavy atom. The molecule has 2 aromatic carbocycles. The second kappa shape index (κ2) is 6.87. The summed E-state index contributed by atoms with van der Waals surface area (Å²) in [4.78, 5) is 8.41. The SMILES string of the molecule is Cc1cccc(Nc2cc(NCc3ccc(F)cc3)ncn2)c1. The molecule has 116 valence electrons. The third-order valence-corrected chi connectivity index (χ3v) is 3.34. The molecule has 0 unspecified atom stereocenters. The smallest absolute Gasteiger partial charge is 0.135 e. The zero-order valence-electron chi connectivity index (χ0n) is 12.8. The first-order chi connectivity index (χ1) is 11.2. The number of benzene rings is 2. The molecule has 0 aliphatic heterocycles. The second-order valence-corrected chi connectivity index (χ2v) is 5.26. The number of nitrogens with zero attached hydrogens (tertiary/aromatic N) is 2. The summed E-state index contributed by atoms with van der Waals surface area (Å²) < 4.78 is 12.9. The molecule has 5 heteroatoms. The molecule has 3 rings (SSSR count). The zero-order valence-corrected chi connectivity index (χ0v) is 12.8. The Balaban J connectivity index is 1.66. The van der Waals surface area contributed by atoms with Gasteiger partial charge in [-0.1, -0.05) is 24.3 Å². The Labute approximate surface area is 134 Å². The van der Waals surface area contributed by atoms with Crippen LogP contribution in [0.3, 0.4) is 0 Å². The Bertz CT molecular complexity index is 787. The highest BCUT2D eigenvalue weighted by atomic mass is 19.1. The summed E-state index contributed by atoms with van der Waals surface area (Å²) in [6.45, 7) is 2.61. The summed E-state index contributed by atoms with van der Waals surface area (Å²) in [7, 11) is 0. The van der Waals surface area contributed by atoms with Crippen molar-refractivity contribution in [3.8, 4) is 0 Å². The fourth-order valence-electron chi connectivity index (χ4n) is 2.19. The van der Waals surface area contributed by atoms with Gasteiger partial charge in [-0.3, -0.25) is 0 Å². The summed E-state index contributed by atoms with van der Waals surface area (Å²) in [6.07, 6.45) is 1.51. The van der Waals surface area contributed by atoms with Crippen molar-refractivity contribution in [3.05, 3.63) is 77.9 Å². The average molecular weight is 308 g/mol. The number of aromatic nitrogens is 2. The lowest BCUT2D eigenvalue weighted by atomic mass is 10.2. The number of hydrogen-bond donors (Lipinski definition) is 2. The predicted octanol–water partition coefficient (Wildman–Crippen LogP) is 4.28. The van der Waals surface area contributed by atoms with E-state index in [1.165, 1.54) is 24.0 Å². The van der Waals surface area contributed by atoms with Gasteiger partial charge >= 0.3 is 0 Å². The van der Waals surface area contributed by atoms with E-state index in [4.69, 9.17) is 0 Å². The van der Waals surface area contributed by atoms with Crippen molar-refractivity contribution in [3.63, 3.8) is 0 Å². The molecule has 0 saturated heterocycles. The van der Waals surface area contributed by atoms with Crippen LogP contribution in [0.1, 0.15) is 11.1 Å². The largest absolute Gasteiger partial charge is 0.366 e. The Morgan fingerprint density at radius 1 is 0.957 bits per heavy atom. The van der Waals surface area contributed by atoms with Crippen LogP contribution in [0.25, 0.3) is 0 Å². The fourth-order valence-corrected chi connectivity index (χ4v) is 2.19. The van der Waals surface area contributed by atoms with Crippen molar-refractivity contribution in [2.75, 3.05) is 10.6 Å². The van der Waals surface area contributed by atoms with Gasteiger partial charge in [-0.25, -0.2) is 14.4 Å². The molecule has 3 aromatic rings. The zero-order chi connectivity index (χ0) is 16.1. The van der Waals surface area contributed by atoms with Crippen molar-refractivity contribution < 1.29 is 4.39 Å². The average Bonchev–Trinajstić information content (AvgIpc) is 2.55. The molecule has 4 nitrogen and oxygen atoms in total. The molecule has 2 N–H and O–H groups in total. The predicted molar refractivity (Wildman–Crippen MR) is 90.2 cm³/mol. The molecule has 23 heavy (non-hydrogen) atoms. The molecule has 0 aliphatic rings. The maximum absolute atomic E-state index is 12.9. The summed E-state index contributed by atoms with van der Waals surface area (Å²) in [5, 5.41) is 6.45. The standard InChI is InChI=1S/C18H17FN4/c1-13-3-2-4-16(9-13)23-18-10-17(21-12-22-18)20-11-14-5-7-15(19)8-6-14/h2-10,12H,11H2,1H3,(H2,20,21,22,23). The molecule has 0 aliphatic carbocycles. The third kappa shape index (κ3) is 4.26. The topological polar surface area (TPSA) is 49.8 Å². The van der Waals surface area contributed by atoms with E-state index < -0.39 is 0 Å². The van der Waals surface area contributed by atoms with Crippen LogP contribution in [0.5, 0.6) is 0 Å². The number of aryl methyl sites for hydroxylation is 1. The highest BCUT2D eigenvalue weighted by Crippen LogP contribution is 2.17. The summed E-state index contributed by atoms with van der Waals surface area (Å²) in [5.74, 6) is 1.19. The van der Waals surface area contributed by atoms with Crippen LogP contribution >= 0.6 is 0 Å². The number of anilines is 3. The maximum atomic E-state index is 12.9. The first-order valence-electron chi connectivity index (χ1n) is 7.33. The fraction of sp³-hybridized carbons (Fsp3) is 0.111. The quantitative estimate of drug-likeness (QED) is 0.738. The van der Waals surface area contributed by atoms with Crippen LogP contribution in [0.15, 0.2) is 60.9 Å². The molecule has 0 spiro atoms. The molecular formula is C18H17FN4. The van der Waals surface area contributed by atoms with Crippen LogP contribution in [0, 0.1) is 12.7 Å². The van der Waals surface area contributed by atoms with E-state index in [2.05, 4.69) is 20.6 Å². The van der Waals surface area contributed by atoms with Crippen LogP contribution < -0.4 is 10.6 Å². The molecule has 0 radical (unpaired) electrons. The maximum Gasteiger partial charge on any atom is 0.135 e. The van der Waals surface area contributed by atoms with Gasteiger partial charge in [0.05, 0.1) is 0 Å². The Hall–Kier alpha value is -2.95. The molecule has 0 saturated carbocycles. The molecule has 0 fully saturated rings. The van der Waals surface area contributed by atoms with E-state index in [0.717, 1.165) is 11.3 Å². The highest BCUT2D eigenvalue weighted by molar-refractivity contribution is 5.59. The van der Waals surface area contributed by atoms with Crippen LogP contribution in [0.4, 0.5) is 21.7 Å². The Kier molecular flexibility index (Phi) is 4.47. The van der Waals surface area contributed by atoms with Gasteiger partial charge in [0.2, 0.25) is 0 Å². The lowest BCUT2D eigenvalue weighted by Crippen LogP contribution is -2.03. The summed E-state index contributed by atoms with van der Waals surface area (Å²) in [6, 6.07) is 16.3. The van der Waals surface area contributed by atoms with E-state index >= 15 is 0 Å². The Morgan fingerprint density at radius 3 is 2.52 bits per heavy atom. The van der Waals surface area contributed by atoms with E-state index in [9.17, 15) is 4.39 Å². The second-order valence-electron chi connectivity index (χ2n) is 5.26. The van der Waals surface area contributed by atoms with Gasteiger partial charge in [0, 0.05) is 18.3 Å². The minimum absolute atomic E-state index is 0.236. The van der Waals surface area contributed by atoms with Crippen LogP contribution in [-0.4, -0.2) is 9.97 Å². The monoisotopic (exact) mass is 308 g/mol. The number of nitrogens with one attached hydrogen (secondary N) is 2. The number of hydrogen-bond acceptors (Lipinski definition) is 4. The third-order valence-electron chi connectivity index (χ3n) is 3.34. The molecule has 0 atom stereocenters. The molecule has 0 bridgehead atoms. The van der Waals surface area contributed by atoms with Gasteiger partial charge in [0.1, 0.15) is 23.8 Å². The van der Waals surface area contributed by atoms with Crippen molar-refractivity contribution in [1.29, 1.82) is 0 Å². The molecule has 1 aromatic heterocycles. The van der Waals surface area contributed by atoms with Crippen molar-refractivity contribution in [2.24, 2.45) is 0 Å². The summed E-state index contributed by atoms with van der Waals surface area (Å²) in [5.41, 5.74) is 3.14. The van der Waals surface area contributed by atoms with Gasteiger partial charge in [-0.2, -0.15) is 0 Å². The highest BCUT2D eigenvalue weighted by Gasteiger charge is 2.01. The minimum atomic E-state index is -0.236. The van der Waals surface area contributed by atoms with E-state index in [1.807, 2.05) is 37.3 Å². The van der Waals surface area contributed by atoms with Crippen molar-refractivity contribution in [1.82, 2.24) is 9.97 Å². The molecule has 1 heterocycles. The lowest BCUT2D eigenvalue weighted by molar-refractivity contribution is 0.627. The van der Waals surface area contributed by atoms with Gasteiger partial charge in [0.15, 0.2) is 0 Å². The lowest BCUT2D eigenvalue weighted by Gasteiger charge is -2.09. The summed E-state index contributed by atoms with van der Waals surface area (Å²) >= 11 is 0. The van der Waals surface area contributed by atoms with Gasteiger partial charge in [-0.15, -0.1) is 0 Å². The van der Waals surface area contributed by atoms with Crippen molar-refractivity contribution in [2.45, 2.75) is 13.5 Å². The molecule has 0 amide bonds. The van der Waals surface area contributed by atoms with Gasteiger partial charge < -0.3 is 10.6 Å². The van der Waals surface area contributed by atoms with Crippen LogP contribution in [0.2, 0.25) is 0 Å². The van der Waals surface area contributed by atoms with E-state index in [0.29, 0.717) is 18.2 Å². The van der Waals surface area contributed by atoms with Crippen molar-refractivity contribution >= 4 is 17.3 Å². The first kappa shape index (κ1) is 15.0. The number of halogens is 1.